The van der Waals surface area contributed by atoms with Crippen LogP contribution in [0, 0.1) is 0 Å². The molecular formula is C16H12ClN4O+. The van der Waals surface area contributed by atoms with Crippen LogP contribution in [0.2, 0.25) is 5.02 Å². The first-order valence-electron chi connectivity index (χ1n) is 6.75. The van der Waals surface area contributed by atoms with E-state index in [1.165, 1.54) is 4.68 Å². The average molecular weight is 312 g/mol. The Bertz CT molecular complexity index is 1060. The molecule has 22 heavy (non-hydrogen) atoms. The summed E-state index contributed by atoms with van der Waals surface area (Å²) in [6, 6.07) is 16.4. The fourth-order valence-corrected chi connectivity index (χ4v) is 2.75. The molecule has 3 N–H and O–H groups in total. The van der Waals surface area contributed by atoms with E-state index in [0.717, 1.165) is 10.9 Å². The van der Waals surface area contributed by atoms with Gasteiger partial charge >= 0.3 is 5.56 Å². The minimum Gasteiger partial charge on any atom is -0.398 e. The quantitative estimate of drug-likeness (QED) is 0.530. The lowest BCUT2D eigenvalue weighted by Crippen LogP contribution is -2.26. The van der Waals surface area contributed by atoms with Crippen LogP contribution in [0.1, 0.15) is 0 Å². The number of nitrogens with one attached hydrogen (secondary N) is 1. The second kappa shape index (κ2) is 4.61. The zero-order valence-electron chi connectivity index (χ0n) is 11.5. The molecule has 6 heteroatoms. The van der Waals surface area contributed by atoms with Gasteiger partial charge in [-0.3, -0.25) is 0 Å². The molecule has 0 atom stereocenters. The van der Waals surface area contributed by atoms with E-state index in [0.29, 0.717) is 21.9 Å². The Kier molecular flexibility index (Phi) is 2.71. The monoisotopic (exact) mass is 311 g/mol. The molecule has 0 saturated carbocycles. The SMILES string of the molecule is Nc1cc2c(=O)n(-c3ccc(Cl)cc3)[nH][n+]2c2ccccc12. The number of pyridine rings is 1. The van der Waals surface area contributed by atoms with Crippen LogP contribution in [0.25, 0.3) is 22.1 Å². The van der Waals surface area contributed by atoms with Gasteiger partial charge < -0.3 is 5.73 Å². The van der Waals surface area contributed by atoms with E-state index < -0.39 is 0 Å². The van der Waals surface area contributed by atoms with Gasteiger partial charge in [-0.1, -0.05) is 33.6 Å². The number of nitrogen functional groups attached to an aromatic ring is 1. The predicted molar refractivity (Wildman–Crippen MR) is 86.5 cm³/mol. The van der Waals surface area contributed by atoms with Gasteiger partial charge in [0.25, 0.3) is 0 Å². The minimum atomic E-state index is -0.167. The number of benzene rings is 2. The van der Waals surface area contributed by atoms with Crippen LogP contribution in [-0.2, 0) is 0 Å². The number of hydrogen-bond donors (Lipinski definition) is 2. The van der Waals surface area contributed by atoms with Gasteiger partial charge in [0.15, 0.2) is 11.2 Å². The molecule has 0 bridgehead atoms. The second-order valence-electron chi connectivity index (χ2n) is 5.05. The van der Waals surface area contributed by atoms with Crippen molar-refractivity contribution in [2.24, 2.45) is 0 Å². The van der Waals surface area contributed by atoms with Crippen molar-refractivity contribution in [1.29, 1.82) is 0 Å². The van der Waals surface area contributed by atoms with Gasteiger partial charge in [-0.15, -0.1) is 4.52 Å². The molecule has 0 aliphatic heterocycles. The molecule has 0 aliphatic rings. The smallest absolute Gasteiger partial charge is 0.398 e. The Morgan fingerprint density at radius 3 is 2.55 bits per heavy atom. The maximum atomic E-state index is 12.6. The minimum absolute atomic E-state index is 0.167. The van der Waals surface area contributed by atoms with Crippen molar-refractivity contribution in [2.75, 3.05) is 5.73 Å². The fourth-order valence-electron chi connectivity index (χ4n) is 2.62. The molecule has 0 spiro atoms. The van der Waals surface area contributed by atoms with E-state index in [1.54, 1.807) is 34.8 Å². The molecule has 0 radical (unpaired) electrons. The zero-order valence-corrected chi connectivity index (χ0v) is 12.2. The summed E-state index contributed by atoms with van der Waals surface area (Å²) in [5.41, 5.74) is 8.53. The molecule has 2 heterocycles. The number of para-hydroxylation sites is 1. The Balaban J connectivity index is 2.11. The maximum absolute atomic E-state index is 12.6. The van der Waals surface area contributed by atoms with Gasteiger partial charge in [0, 0.05) is 22.2 Å². The summed E-state index contributed by atoms with van der Waals surface area (Å²) in [6.45, 7) is 0. The standard InChI is InChI=1S/C16H11ClN4O/c17-10-5-7-11(8-6-10)20-16(22)15-9-13(18)12-3-1-2-4-14(12)21(15)19-20/h1-9,18-19H/p+1. The van der Waals surface area contributed by atoms with Crippen LogP contribution in [-0.4, -0.2) is 9.90 Å². The lowest BCUT2D eigenvalue weighted by molar-refractivity contribution is -0.555. The van der Waals surface area contributed by atoms with Crippen molar-refractivity contribution in [3.05, 3.63) is 70.0 Å². The van der Waals surface area contributed by atoms with Gasteiger partial charge in [0.2, 0.25) is 5.52 Å². The Morgan fingerprint density at radius 2 is 1.77 bits per heavy atom. The number of H-pyrrole nitrogens is 1. The van der Waals surface area contributed by atoms with Crippen LogP contribution in [0.5, 0.6) is 0 Å². The number of anilines is 1. The van der Waals surface area contributed by atoms with E-state index in [2.05, 4.69) is 5.21 Å². The molecule has 0 unspecified atom stereocenters. The lowest BCUT2D eigenvalue weighted by atomic mass is 10.2. The summed E-state index contributed by atoms with van der Waals surface area (Å²) in [7, 11) is 0. The highest BCUT2D eigenvalue weighted by atomic mass is 35.5. The summed E-state index contributed by atoms with van der Waals surface area (Å²) in [6.07, 6.45) is 0. The highest BCUT2D eigenvalue weighted by Crippen LogP contribution is 2.18. The molecule has 0 fully saturated rings. The van der Waals surface area contributed by atoms with Crippen molar-refractivity contribution in [3.8, 4) is 5.69 Å². The third-order valence-corrected chi connectivity index (χ3v) is 3.95. The normalized spacial score (nSPS) is 11.3. The van der Waals surface area contributed by atoms with Crippen molar-refractivity contribution in [1.82, 2.24) is 9.90 Å². The number of aromatic amines is 1. The highest BCUT2D eigenvalue weighted by Gasteiger charge is 2.20. The average Bonchev–Trinajstić information content (AvgIpc) is 2.86. The van der Waals surface area contributed by atoms with Crippen molar-refractivity contribution >= 4 is 33.7 Å². The molecular weight excluding hydrogens is 300 g/mol. The van der Waals surface area contributed by atoms with Crippen molar-refractivity contribution < 1.29 is 4.52 Å². The van der Waals surface area contributed by atoms with Crippen LogP contribution in [0.15, 0.2) is 59.4 Å². The first kappa shape index (κ1) is 12.9. The molecule has 0 aliphatic carbocycles. The maximum Gasteiger partial charge on any atom is 0.406 e. The number of hydrogen-bond acceptors (Lipinski definition) is 2. The van der Waals surface area contributed by atoms with Gasteiger partial charge in [0.05, 0.1) is 0 Å². The summed E-state index contributed by atoms with van der Waals surface area (Å²) < 4.78 is 3.21. The first-order valence-corrected chi connectivity index (χ1v) is 7.13. The van der Waals surface area contributed by atoms with Gasteiger partial charge in [-0.25, -0.2) is 4.79 Å². The Labute approximate surface area is 130 Å². The Hall–Kier alpha value is -2.79. The van der Waals surface area contributed by atoms with Crippen molar-refractivity contribution in [3.63, 3.8) is 0 Å². The predicted octanol–water partition coefficient (Wildman–Crippen LogP) is 2.29. The molecule has 0 saturated heterocycles. The number of fused-ring (bicyclic) bond motifs is 3. The highest BCUT2D eigenvalue weighted by molar-refractivity contribution is 6.30. The largest absolute Gasteiger partial charge is 0.406 e. The zero-order chi connectivity index (χ0) is 15.3. The van der Waals surface area contributed by atoms with Crippen LogP contribution in [0.4, 0.5) is 5.69 Å². The van der Waals surface area contributed by atoms with E-state index in [4.69, 9.17) is 17.3 Å². The number of rotatable bonds is 1. The number of nitrogens with zero attached hydrogens (tertiary/aromatic N) is 2. The van der Waals surface area contributed by atoms with Gasteiger partial charge in [-0.2, -0.15) is 0 Å². The van der Waals surface area contributed by atoms with E-state index in [-0.39, 0.29) is 5.56 Å². The third-order valence-electron chi connectivity index (χ3n) is 3.70. The molecule has 108 valence electrons. The van der Waals surface area contributed by atoms with Crippen molar-refractivity contribution in [2.45, 2.75) is 0 Å². The molecule has 2 aromatic heterocycles. The summed E-state index contributed by atoms with van der Waals surface area (Å²) >= 11 is 5.90. The molecule has 4 rings (SSSR count). The first-order chi connectivity index (χ1) is 10.6. The summed E-state index contributed by atoms with van der Waals surface area (Å²) in [5.74, 6) is 0. The van der Waals surface area contributed by atoms with Crippen LogP contribution < -0.4 is 15.8 Å². The van der Waals surface area contributed by atoms with Crippen LogP contribution in [0.3, 0.4) is 0 Å². The van der Waals surface area contributed by atoms with Gasteiger partial charge in [0.1, 0.15) is 0 Å². The molecule has 2 aromatic carbocycles. The van der Waals surface area contributed by atoms with E-state index in [1.807, 2.05) is 24.3 Å². The second-order valence-corrected chi connectivity index (χ2v) is 5.49. The summed E-state index contributed by atoms with van der Waals surface area (Å²) in [4.78, 5) is 12.6. The molecule has 4 aromatic rings. The van der Waals surface area contributed by atoms with E-state index in [9.17, 15) is 4.79 Å². The fraction of sp³-hybridized carbons (Fsp3) is 0. The number of nitrogens with two attached hydrogens (primary N) is 1. The molecule has 5 nitrogen and oxygen atoms in total. The van der Waals surface area contributed by atoms with Crippen LogP contribution >= 0.6 is 11.6 Å². The summed E-state index contributed by atoms with van der Waals surface area (Å²) in [5, 5.41) is 4.61. The number of aromatic nitrogens is 3. The molecule has 0 amide bonds. The number of halogens is 1. The Morgan fingerprint density at radius 1 is 1.05 bits per heavy atom. The third kappa shape index (κ3) is 1.79. The van der Waals surface area contributed by atoms with Gasteiger partial charge in [-0.05, 0) is 36.4 Å². The lowest BCUT2D eigenvalue weighted by Gasteiger charge is -1.98. The topological polar surface area (TPSA) is 67.9 Å². The van der Waals surface area contributed by atoms with E-state index >= 15 is 0 Å².